The van der Waals surface area contributed by atoms with Gasteiger partial charge in [0.2, 0.25) is 0 Å². The maximum Gasteiger partial charge on any atom is 0.133 e. The van der Waals surface area contributed by atoms with Crippen LogP contribution in [-0.4, -0.2) is 13.1 Å². The van der Waals surface area contributed by atoms with Crippen molar-refractivity contribution in [2.75, 3.05) is 5.75 Å². The van der Waals surface area contributed by atoms with E-state index in [9.17, 15) is 10.0 Å². The van der Waals surface area contributed by atoms with Crippen LogP contribution in [0.2, 0.25) is 0 Å². The molecule has 0 saturated heterocycles. The molecule has 0 aliphatic heterocycles. The number of unbranched alkanes of at least 4 members (excludes halogenated alkanes) is 3. The monoisotopic (exact) mass is 252 g/mol. The van der Waals surface area contributed by atoms with Crippen LogP contribution in [0.4, 0.5) is 0 Å². The maximum atomic E-state index is 10.3. The van der Waals surface area contributed by atoms with Crippen LogP contribution in [0, 0.1) is 0 Å². The molecule has 1 aromatic carbocycles. The summed E-state index contributed by atoms with van der Waals surface area (Å²) in [5.41, 5.74) is 0. The lowest BCUT2D eigenvalue weighted by Crippen LogP contribution is -2.50. The van der Waals surface area contributed by atoms with Crippen molar-refractivity contribution in [3.05, 3.63) is 24.3 Å². The lowest BCUT2D eigenvalue weighted by atomic mass is 10.2. The molecule has 0 N–H and O–H groups in total. The first-order valence-corrected chi connectivity index (χ1v) is 6.92. The second-order valence-electron chi connectivity index (χ2n) is 3.79. The Hall–Kier alpha value is -0.645. The van der Waals surface area contributed by atoms with E-state index in [4.69, 9.17) is 0 Å². The Morgan fingerprint density at radius 2 is 1.82 bits per heavy atom. The molecular weight excluding hydrogens is 235 g/mol. The Morgan fingerprint density at radius 3 is 2.41 bits per heavy atom. The number of benzene rings is 1. The van der Waals surface area contributed by atoms with Gasteiger partial charge in [-0.1, -0.05) is 26.2 Å². The smallest absolute Gasteiger partial charge is 0.133 e. The molecule has 94 valence electrons. The minimum absolute atomic E-state index is 0.343. The Labute approximate surface area is 107 Å². The maximum absolute atomic E-state index is 10.3. The fraction of sp³-hybridized carbons (Fsp3) is 0.500. The van der Waals surface area contributed by atoms with Crippen LogP contribution in [0.1, 0.15) is 32.6 Å². The third-order valence-electron chi connectivity index (χ3n) is 2.32. The van der Waals surface area contributed by atoms with Crippen molar-refractivity contribution >= 4 is 19.1 Å². The van der Waals surface area contributed by atoms with Crippen LogP contribution >= 0.6 is 11.8 Å². The Morgan fingerprint density at radius 1 is 1.12 bits per heavy atom. The second kappa shape index (κ2) is 8.45. The summed E-state index contributed by atoms with van der Waals surface area (Å²) in [6.07, 6.45) is 5.04. The van der Waals surface area contributed by atoms with Crippen molar-refractivity contribution in [2.45, 2.75) is 37.5 Å². The number of rotatable bonds is 8. The van der Waals surface area contributed by atoms with Gasteiger partial charge in [-0.2, -0.15) is 0 Å². The van der Waals surface area contributed by atoms with E-state index in [1.807, 2.05) is 12.1 Å². The molecule has 3 nitrogen and oxygen atoms in total. The molecule has 0 fully saturated rings. The summed E-state index contributed by atoms with van der Waals surface area (Å²) in [6, 6.07) is 7.08. The van der Waals surface area contributed by atoms with Crippen LogP contribution < -0.4 is 14.7 Å². The predicted molar refractivity (Wildman–Crippen MR) is 67.7 cm³/mol. The van der Waals surface area contributed by atoms with Gasteiger partial charge in [0.05, 0.1) is 5.75 Å². The van der Waals surface area contributed by atoms with Gasteiger partial charge in [-0.05, 0) is 36.4 Å². The van der Waals surface area contributed by atoms with Gasteiger partial charge in [0, 0.05) is 4.90 Å². The molecule has 0 atom stereocenters. The number of hydrogen-bond donors (Lipinski definition) is 0. The van der Waals surface area contributed by atoms with E-state index in [1.165, 1.54) is 25.7 Å². The normalized spacial score (nSPS) is 10.3. The van der Waals surface area contributed by atoms with Gasteiger partial charge in [0.15, 0.2) is 0 Å². The second-order valence-corrected chi connectivity index (χ2v) is 4.96. The van der Waals surface area contributed by atoms with E-state index < -0.39 is 7.32 Å². The molecule has 0 aliphatic carbocycles. The van der Waals surface area contributed by atoms with Gasteiger partial charge in [-0.15, -0.1) is 11.8 Å². The minimum atomic E-state index is -2.25. The van der Waals surface area contributed by atoms with E-state index >= 15 is 0 Å². The van der Waals surface area contributed by atoms with Crippen molar-refractivity contribution in [1.29, 1.82) is 0 Å². The molecule has 17 heavy (non-hydrogen) atoms. The standard InChI is InChI=1S/C12H17BO3S/c1-2-3-4-5-10-17-12-8-6-11(7-9-12)16-13(14)15/h6-9H,2-5,10H2,1H3/q-2. The molecule has 1 rings (SSSR count). The fourth-order valence-electron chi connectivity index (χ4n) is 1.44. The van der Waals surface area contributed by atoms with Crippen molar-refractivity contribution < 1.29 is 14.7 Å². The topological polar surface area (TPSA) is 55.3 Å². The van der Waals surface area contributed by atoms with Crippen LogP contribution in [0.15, 0.2) is 29.2 Å². The fourth-order valence-corrected chi connectivity index (χ4v) is 2.36. The zero-order valence-electron chi connectivity index (χ0n) is 10.1. The largest absolute Gasteiger partial charge is 0.860 e. The molecule has 0 radical (unpaired) electrons. The van der Waals surface area contributed by atoms with Crippen LogP contribution in [0.25, 0.3) is 0 Å². The Kier molecular flexibility index (Phi) is 7.16. The minimum Gasteiger partial charge on any atom is -0.860 e. The first kappa shape index (κ1) is 14.4. The Bertz CT molecular complexity index is 303. The van der Waals surface area contributed by atoms with Crippen molar-refractivity contribution in [3.63, 3.8) is 0 Å². The number of hydrogen-bond acceptors (Lipinski definition) is 4. The van der Waals surface area contributed by atoms with Crippen LogP contribution in [0.3, 0.4) is 0 Å². The predicted octanol–water partition coefficient (Wildman–Crippen LogP) is 1.44. The van der Waals surface area contributed by atoms with Crippen molar-refractivity contribution in [2.24, 2.45) is 0 Å². The molecule has 0 unspecified atom stereocenters. The van der Waals surface area contributed by atoms with Gasteiger partial charge in [-0.3, -0.25) is 0 Å². The molecular formula is C12H17BO3S-2. The van der Waals surface area contributed by atoms with E-state index in [2.05, 4.69) is 11.6 Å². The van der Waals surface area contributed by atoms with Gasteiger partial charge < -0.3 is 14.7 Å². The summed E-state index contributed by atoms with van der Waals surface area (Å²) in [6.45, 7) is 2.20. The molecule has 0 heterocycles. The Balaban J connectivity index is 2.25. The highest BCUT2D eigenvalue weighted by Gasteiger charge is 1.96. The summed E-state index contributed by atoms with van der Waals surface area (Å²) < 4.78 is 4.51. The third kappa shape index (κ3) is 6.61. The SMILES string of the molecule is CCCCCCSc1ccc(OB([O-])[O-])cc1. The summed E-state index contributed by atoms with van der Waals surface area (Å²) in [5, 5.41) is 20.5. The van der Waals surface area contributed by atoms with Gasteiger partial charge in [0.25, 0.3) is 0 Å². The lowest BCUT2D eigenvalue weighted by Gasteiger charge is -2.26. The average Bonchev–Trinajstić information content (AvgIpc) is 2.30. The first-order valence-electron chi connectivity index (χ1n) is 5.93. The van der Waals surface area contributed by atoms with Crippen molar-refractivity contribution in [3.8, 4) is 5.75 Å². The number of thioether (sulfide) groups is 1. The van der Waals surface area contributed by atoms with Crippen LogP contribution in [-0.2, 0) is 0 Å². The quantitative estimate of drug-likeness (QED) is 0.399. The molecule has 0 bridgehead atoms. The highest BCUT2D eigenvalue weighted by Crippen LogP contribution is 2.22. The molecule has 0 spiro atoms. The molecule has 0 amide bonds. The molecule has 5 heteroatoms. The van der Waals surface area contributed by atoms with E-state index in [-0.39, 0.29) is 0 Å². The van der Waals surface area contributed by atoms with Gasteiger partial charge in [-0.25, -0.2) is 0 Å². The summed E-state index contributed by atoms with van der Waals surface area (Å²) >= 11 is 1.79. The zero-order chi connectivity index (χ0) is 12.5. The summed E-state index contributed by atoms with van der Waals surface area (Å²) in [5.74, 6) is 1.45. The van der Waals surface area contributed by atoms with E-state index in [0.29, 0.717) is 5.75 Å². The zero-order valence-corrected chi connectivity index (χ0v) is 10.9. The van der Waals surface area contributed by atoms with E-state index in [1.54, 1.807) is 23.9 Å². The van der Waals surface area contributed by atoms with Crippen LogP contribution in [0.5, 0.6) is 5.75 Å². The molecule has 0 aromatic heterocycles. The highest BCUT2D eigenvalue weighted by atomic mass is 32.2. The third-order valence-corrected chi connectivity index (χ3v) is 3.42. The summed E-state index contributed by atoms with van der Waals surface area (Å²) in [7, 11) is -2.25. The average molecular weight is 252 g/mol. The first-order chi connectivity index (χ1) is 8.22. The van der Waals surface area contributed by atoms with E-state index in [0.717, 1.165) is 10.6 Å². The molecule has 1 aromatic rings. The van der Waals surface area contributed by atoms with Gasteiger partial charge >= 0.3 is 0 Å². The van der Waals surface area contributed by atoms with Gasteiger partial charge in [0.1, 0.15) is 7.32 Å². The highest BCUT2D eigenvalue weighted by molar-refractivity contribution is 7.99. The molecule has 0 aliphatic rings. The van der Waals surface area contributed by atoms with Crippen molar-refractivity contribution in [1.82, 2.24) is 0 Å². The summed E-state index contributed by atoms with van der Waals surface area (Å²) in [4.78, 5) is 1.14. The lowest BCUT2D eigenvalue weighted by molar-refractivity contribution is -0.372. The molecule has 0 saturated carbocycles.